The highest BCUT2D eigenvalue weighted by Gasteiger charge is 2.37. The van der Waals surface area contributed by atoms with Crippen LogP contribution in [0.25, 0.3) is 0 Å². The van der Waals surface area contributed by atoms with E-state index < -0.39 is 0 Å². The van der Waals surface area contributed by atoms with Crippen molar-refractivity contribution in [3.63, 3.8) is 0 Å². The average Bonchev–Trinajstić information content (AvgIpc) is 2.84. The first-order chi connectivity index (χ1) is 8.69. The second-order valence-electron chi connectivity index (χ2n) is 5.62. The summed E-state index contributed by atoms with van der Waals surface area (Å²) in [5.41, 5.74) is 1.80. The Morgan fingerprint density at radius 1 is 1.22 bits per heavy atom. The van der Waals surface area contributed by atoms with Crippen LogP contribution in [0.4, 0.5) is 0 Å². The molecule has 1 aromatic carbocycles. The molecule has 1 fully saturated rings. The summed E-state index contributed by atoms with van der Waals surface area (Å²) in [6, 6.07) is 9.01. The monoisotopic (exact) mass is 247 g/mol. The quantitative estimate of drug-likeness (QED) is 0.851. The van der Waals surface area contributed by atoms with Gasteiger partial charge in [0.25, 0.3) is 0 Å². The van der Waals surface area contributed by atoms with E-state index in [4.69, 9.17) is 4.74 Å². The fourth-order valence-corrected chi connectivity index (χ4v) is 3.24. The molecule has 1 unspecified atom stereocenters. The molecule has 0 radical (unpaired) electrons. The van der Waals surface area contributed by atoms with Gasteiger partial charge in [-0.15, -0.1) is 0 Å². The molecule has 2 nitrogen and oxygen atoms in total. The zero-order valence-electron chi connectivity index (χ0n) is 11.8. The van der Waals surface area contributed by atoms with Crippen molar-refractivity contribution in [3.8, 4) is 5.75 Å². The molecule has 0 aromatic heterocycles. The van der Waals surface area contributed by atoms with E-state index in [2.05, 4.69) is 43.4 Å². The van der Waals surface area contributed by atoms with Crippen LogP contribution in [-0.4, -0.2) is 13.7 Å². The smallest absolute Gasteiger partial charge is 0.118 e. The maximum atomic E-state index is 5.24. The van der Waals surface area contributed by atoms with E-state index in [1.807, 2.05) is 0 Å². The number of hydrogen-bond donors (Lipinski definition) is 1. The zero-order chi connectivity index (χ0) is 13.0. The van der Waals surface area contributed by atoms with Gasteiger partial charge in [0.2, 0.25) is 0 Å². The average molecular weight is 247 g/mol. The van der Waals surface area contributed by atoms with Crippen LogP contribution < -0.4 is 10.1 Å². The van der Waals surface area contributed by atoms with Crippen LogP contribution in [0.2, 0.25) is 0 Å². The van der Waals surface area contributed by atoms with E-state index >= 15 is 0 Å². The van der Waals surface area contributed by atoms with E-state index in [1.54, 1.807) is 7.11 Å². The lowest BCUT2D eigenvalue weighted by Gasteiger charge is -2.35. The van der Waals surface area contributed by atoms with E-state index in [-0.39, 0.29) is 0 Å². The van der Waals surface area contributed by atoms with Gasteiger partial charge in [-0.1, -0.05) is 38.8 Å². The first-order valence-electron chi connectivity index (χ1n) is 7.07. The fourth-order valence-electron chi connectivity index (χ4n) is 3.24. The molecule has 0 saturated heterocycles. The van der Waals surface area contributed by atoms with Crippen LogP contribution in [0.1, 0.15) is 51.1 Å². The van der Waals surface area contributed by atoms with Gasteiger partial charge in [-0.3, -0.25) is 0 Å². The lowest BCUT2D eigenvalue weighted by atomic mass is 9.77. The van der Waals surface area contributed by atoms with E-state index in [1.165, 1.54) is 31.2 Å². The van der Waals surface area contributed by atoms with Gasteiger partial charge in [0, 0.05) is 6.04 Å². The van der Waals surface area contributed by atoms with Gasteiger partial charge in [0.15, 0.2) is 0 Å². The lowest BCUT2D eigenvalue weighted by molar-refractivity contribution is 0.226. The molecule has 0 amide bonds. The Balaban J connectivity index is 2.22. The molecule has 0 spiro atoms. The van der Waals surface area contributed by atoms with Crippen molar-refractivity contribution < 1.29 is 4.74 Å². The number of hydrogen-bond acceptors (Lipinski definition) is 2. The van der Waals surface area contributed by atoms with Crippen LogP contribution in [0, 0.1) is 5.41 Å². The molecule has 0 aliphatic heterocycles. The number of ether oxygens (including phenoxy) is 1. The van der Waals surface area contributed by atoms with Crippen molar-refractivity contribution in [1.29, 1.82) is 0 Å². The summed E-state index contributed by atoms with van der Waals surface area (Å²) in [5, 5.41) is 3.68. The second-order valence-corrected chi connectivity index (χ2v) is 5.62. The van der Waals surface area contributed by atoms with Gasteiger partial charge < -0.3 is 10.1 Å². The third-order valence-electron chi connectivity index (χ3n) is 4.30. The van der Waals surface area contributed by atoms with Gasteiger partial charge in [-0.2, -0.15) is 0 Å². The first kappa shape index (κ1) is 13.4. The Hall–Kier alpha value is -1.02. The van der Waals surface area contributed by atoms with Crippen molar-refractivity contribution in [2.24, 2.45) is 5.41 Å². The molecule has 0 heterocycles. The summed E-state index contributed by atoms with van der Waals surface area (Å²) in [6.07, 6.45) is 5.40. The minimum absolute atomic E-state index is 0.407. The minimum atomic E-state index is 0.407. The largest absolute Gasteiger partial charge is 0.497 e. The molecule has 100 valence electrons. The van der Waals surface area contributed by atoms with Crippen LogP contribution in [0.15, 0.2) is 24.3 Å². The number of methoxy groups -OCH3 is 1. The summed E-state index contributed by atoms with van der Waals surface area (Å²) < 4.78 is 5.24. The second kappa shape index (κ2) is 5.75. The minimum Gasteiger partial charge on any atom is -0.497 e. The van der Waals surface area contributed by atoms with Gasteiger partial charge in [-0.05, 0) is 42.5 Å². The number of nitrogens with one attached hydrogen (secondary N) is 1. The van der Waals surface area contributed by atoms with Crippen molar-refractivity contribution in [1.82, 2.24) is 5.32 Å². The Bertz CT molecular complexity index is 365. The van der Waals surface area contributed by atoms with Gasteiger partial charge in [0.1, 0.15) is 5.75 Å². The zero-order valence-corrected chi connectivity index (χ0v) is 11.8. The maximum absolute atomic E-state index is 5.24. The van der Waals surface area contributed by atoms with E-state index in [0.717, 1.165) is 12.3 Å². The molecule has 1 aliphatic carbocycles. The molecular formula is C16H25NO. The number of benzene rings is 1. The molecule has 1 saturated carbocycles. The maximum Gasteiger partial charge on any atom is 0.118 e. The SMILES string of the molecule is CCNC(c1ccc(OC)cc1)C1(C)CCCC1. The van der Waals surface area contributed by atoms with Crippen LogP contribution in [0.3, 0.4) is 0 Å². The standard InChI is InChI=1S/C16H25NO/c1-4-17-15(16(2)11-5-6-12-16)13-7-9-14(18-3)10-8-13/h7-10,15,17H,4-6,11-12H2,1-3H3. The molecule has 0 bridgehead atoms. The van der Waals surface area contributed by atoms with Crippen molar-refractivity contribution in [2.75, 3.05) is 13.7 Å². The Morgan fingerprint density at radius 3 is 2.33 bits per heavy atom. The third kappa shape index (κ3) is 2.69. The highest BCUT2D eigenvalue weighted by Crippen LogP contribution is 2.47. The Kier molecular flexibility index (Phi) is 4.28. The van der Waals surface area contributed by atoms with Gasteiger partial charge in [-0.25, -0.2) is 0 Å². The lowest BCUT2D eigenvalue weighted by Crippen LogP contribution is -2.34. The molecule has 1 aliphatic rings. The summed E-state index contributed by atoms with van der Waals surface area (Å²) in [4.78, 5) is 0. The fraction of sp³-hybridized carbons (Fsp3) is 0.625. The summed E-state index contributed by atoms with van der Waals surface area (Å²) in [6.45, 7) is 5.64. The topological polar surface area (TPSA) is 21.3 Å². The Labute approximate surface area is 111 Å². The normalized spacial score (nSPS) is 19.7. The van der Waals surface area contributed by atoms with Crippen LogP contribution >= 0.6 is 0 Å². The Morgan fingerprint density at radius 2 is 1.83 bits per heavy atom. The highest BCUT2D eigenvalue weighted by molar-refractivity contribution is 5.30. The molecule has 2 heteroatoms. The first-order valence-corrected chi connectivity index (χ1v) is 7.07. The molecule has 2 rings (SSSR count). The number of rotatable bonds is 5. The van der Waals surface area contributed by atoms with Crippen LogP contribution in [-0.2, 0) is 0 Å². The summed E-state index contributed by atoms with van der Waals surface area (Å²) >= 11 is 0. The summed E-state index contributed by atoms with van der Waals surface area (Å²) in [7, 11) is 1.72. The highest BCUT2D eigenvalue weighted by atomic mass is 16.5. The van der Waals surface area contributed by atoms with Gasteiger partial charge in [0.05, 0.1) is 7.11 Å². The predicted molar refractivity (Wildman–Crippen MR) is 76.0 cm³/mol. The summed E-state index contributed by atoms with van der Waals surface area (Å²) in [5.74, 6) is 0.936. The van der Waals surface area contributed by atoms with E-state index in [9.17, 15) is 0 Å². The molecular weight excluding hydrogens is 222 g/mol. The predicted octanol–water partition coefficient (Wildman–Crippen LogP) is 3.93. The molecule has 1 atom stereocenters. The van der Waals surface area contributed by atoms with Crippen LogP contribution in [0.5, 0.6) is 5.75 Å². The van der Waals surface area contributed by atoms with E-state index in [0.29, 0.717) is 11.5 Å². The van der Waals surface area contributed by atoms with Crippen molar-refractivity contribution in [2.45, 2.75) is 45.6 Å². The molecule has 1 aromatic rings. The third-order valence-corrected chi connectivity index (χ3v) is 4.30. The molecule has 1 N–H and O–H groups in total. The van der Waals surface area contributed by atoms with Crippen molar-refractivity contribution in [3.05, 3.63) is 29.8 Å². The van der Waals surface area contributed by atoms with Gasteiger partial charge >= 0.3 is 0 Å². The molecule has 18 heavy (non-hydrogen) atoms. The van der Waals surface area contributed by atoms with Crippen molar-refractivity contribution >= 4 is 0 Å².